The van der Waals surface area contributed by atoms with E-state index in [9.17, 15) is 4.39 Å². The van der Waals surface area contributed by atoms with Gasteiger partial charge in [0.1, 0.15) is 5.82 Å². The Labute approximate surface area is 101 Å². The average Bonchev–Trinajstić information content (AvgIpc) is 2.30. The predicted molar refractivity (Wildman–Crippen MR) is 70.0 cm³/mol. The van der Waals surface area contributed by atoms with Crippen LogP contribution in [0.15, 0.2) is 18.2 Å². The summed E-state index contributed by atoms with van der Waals surface area (Å²) >= 11 is 0. The minimum atomic E-state index is -0.211. The first-order chi connectivity index (χ1) is 8.13. The summed E-state index contributed by atoms with van der Waals surface area (Å²) in [5.41, 5.74) is 3.51. The number of rotatable bonds is 3. The SMILES string of the molecule is CCCNc1cc(C)nc2c(C)ccc(F)c12. The van der Waals surface area contributed by atoms with Crippen molar-refractivity contribution in [3.05, 3.63) is 35.3 Å². The number of benzene rings is 1. The van der Waals surface area contributed by atoms with Crippen LogP contribution in [0.1, 0.15) is 24.6 Å². The molecular formula is C14H17FN2. The fourth-order valence-electron chi connectivity index (χ4n) is 1.96. The molecule has 2 aromatic rings. The summed E-state index contributed by atoms with van der Waals surface area (Å²) in [6, 6.07) is 5.18. The van der Waals surface area contributed by atoms with E-state index in [0.717, 1.165) is 35.4 Å². The van der Waals surface area contributed by atoms with Gasteiger partial charge in [-0.2, -0.15) is 0 Å². The molecule has 0 spiro atoms. The number of hydrogen-bond acceptors (Lipinski definition) is 2. The topological polar surface area (TPSA) is 24.9 Å². The molecule has 0 saturated carbocycles. The molecule has 0 unspecified atom stereocenters. The van der Waals surface area contributed by atoms with Crippen LogP contribution in [0.4, 0.5) is 10.1 Å². The molecule has 0 aliphatic heterocycles. The van der Waals surface area contributed by atoms with Crippen molar-refractivity contribution in [1.82, 2.24) is 4.98 Å². The smallest absolute Gasteiger partial charge is 0.134 e. The number of pyridine rings is 1. The summed E-state index contributed by atoms with van der Waals surface area (Å²) in [4.78, 5) is 4.42. The van der Waals surface area contributed by atoms with Crippen molar-refractivity contribution >= 4 is 16.6 Å². The number of hydrogen-bond donors (Lipinski definition) is 1. The Morgan fingerprint density at radius 1 is 1.29 bits per heavy atom. The lowest BCUT2D eigenvalue weighted by Gasteiger charge is -2.12. The van der Waals surface area contributed by atoms with E-state index in [1.165, 1.54) is 6.07 Å². The summed E-state index contributed by atoms with van der Waals surface area (Å²) in [5, 5.41) is 3.87. The van der Waals surface area contributed by atoms with E-state index >= 15 is 0 Å². The lowest BCUT2D eigenvalue weighted by Crippen LogP contribution is -2.03. The van der Waals surface area contributed by atoms with Crippen molar-refractivity contribution in [1.29, 1.82) is 0 Å². The molecule has 1 heterocycles. The summed E-state index contributed by atoms with van der Waals surface area (Å²) in [6.07, 6.45) is 1.01. The number of nitrogens with zero attached hydrogens (tertiary/aromatic N) is 1. The van der Waals surface area contributed by atoms with Gasteiger partial charge in [0.05, 0.1) is 10.9 Å². The second-order valence-electron chi connectivity index (χ2n) is 4.33. The van der Waals surface area contributed by atoms with Crippen molar-refractivity contribution in [3.63, 3.8) is 0 Å². The molecule has 2 rings (SSSR count). The Hall–Kier alpha value is -1.64. The molecule has 0 saturated heterocycles. The molecule has 0 fully saturated rings. The fourth-order valence-corrected chi connectivity index (χ4v) is 1.96. The maximum absolute atomic E-state index is 13.9. The van der Waals surface area contributed by atoms with Crippen LogP contribution >= 0.6 is 0 Å². The molecule has 1 aromatic carbocycles. The van der Waals surface area contributed by atoms with Gasteiger partial charge >= 0.3 is 0 Å². The highest BCUT2D eigenvalue weighted by atomic mass is 19.1. The van der Waals surface area contributed by atoms with Crippen molar-refractivity contribution in [3.8, 4) is 0 Å². The highest BCUT2D eigenvalue weighted by molar-refractivity contribution is 5.93. The van der Waals surface area contributed by atoms with Crippen LogP contribution in [-0.4, -0.2) is 11.5 Å². The number of nitrogens with one attached hydrogen (secondary N) is 1. The molecule has 0 amide bonds. The zero-order valence-electron chi connectivity index (χ0n) is 10.5. The molecule has 0 bridgehead atoms. The predicted octanol–water partition coefficient (Wildman–Crippen LogP) is 3.81. The molecular weight excluding hydrogens is 215 g/mol. The first-order valence-corrected chi connectivity index (χ1v) is 5.93. The van der Waals surface area contributed by atoms with E-state index in [1.54, 1.807) is 6.07 Å². The number of fused-ring (bicyclic) bond motifs is 1. The van der Waals surface area contributed by atoms with Crippen LogP contribution < -0.4 is 5.32 Å². The van der Waals surface area contributed by atoms with Crippen LogP contribution in [0.3, 0.4) is 0 Å². The molecule has 17 heavy (non-hydrogen) atoms. The van der Waals surface area contributed by atoms with Gasteiger partial charge in [-0.1, -0.05) is 13.0 Å². The van der Waals surface area contributed by atoms with E-state index in [-0.39, 0.29) is 5.82 Å². The Morgan fingerprint density at radius 3 is 2.76 bits per heavy atom. The van der Waals surface area contributed by atoms with E-state index in [4.69, 9.17) is 0 Å². The van der Waals surface area contributed by atoms with Crippen molar-refractivity contribution < 1.29 is 4.39 Å². The molecule has 0 atom stereocenters. The summed E-state index contributed by atoms with van der Waals surface area (Å²) < 4.78 is 13.9. The maximum Gasteiger partial charge on any atom is 0.134 e. The highest BCUT2D eigenvalue weighted by Crippen LogP contribution is 2.28. The van der Waals surface area contributed by atoms with Crippen LogP contribution in [0.5, 0.6) is 0 Å². The maximum atomic E-state index is 13.9. The van der Waals surface area contributed by atoms with Gasteiger partial charge in [0.25, 0.3) is 0 Å². The van der Waals surface area contributed by atoms with E-state index in [0.29, 0.717) is 5.39 Å². The number of aromatic nitrogens is 1. The molecule has 0 radical (unpaired) electrons. The summed E-state index contributed by atoms with van der Waals surface area (Å²) in [7, 11) is 0. The molecule has 0 aliphatic rings. The quantitative estimate of drug-likeness (QED) is 0.870. The van der Waals surface area contributed by atoms with Crippen molar-refractivity contribution in [2.24, 2.45) is 0 Å². The molecule has 1 aromatic heterocycles. The Kier molecular flexibility index (Phi) is 3.27. The second kappa shape index (κ2) is 4.70. The monoisotopic (exact) mass is 232 g/mol. The minimum Gasteiger partial charge on any atom is -0.384 e. The zero-order valence-corrected chi connectivity index (χ0v) is 10.5. The van der Waals surface area contributed by atoms with Gasteiger partial charge in [0, 0.05) is 17.9 Å². The standard InChI is InChI=1S/C14H17FN2/c1-4-7-16-12-8-10(3)17-14-9(2)5-6-11(15)13(12)14/h5-6,8H,4,7H2,1-3H3,(H,16,17). The Balaban J connectivity index is 2.68. The average molecular weight is 232 g/mol. The molecule has 3 heteroatoms. The minimum absolute atomic E-state index is 0.211. The Morgan fingerprint density at radius 2 is 2.06 bits per heavy atom. The molecule has 2 nitrogen and oxygen atoms in total. The van der Waals surface area contributed by atoms with E-state index in [2.05, 4.69) is 17.2 Å². The molecule has 0 aliphatic carbocycles. The van der Waals surface area contributed by atoms with Gasteiger partial charge in [0.2, 0.25) is 0 Å². The first kappa shape index (κ1) is 11.8. The molecule has 1 N–H and O–H groups in total. The van der Waals surface area contributed by atoms with E-state index < -0.39 is 0 Å². The van der Waals surface area contributed by atoms with Crippen LogP contribution in [0.2, 0.25) is 0 Å². The van der Waals surface area contributed by atoms with Crippen molar-refractivity contribution in [2.45, 2.75) is 27.2 Å². The van der Waals surface area contributed by atoms with Gasteiger partial charge in [-0.25, -0.2) is 4.39 Å². The van der Waals surface area contributed by atoms with Gasteiger partial charge in [0.15, 0.2) is 0 Å². The first-order valence-electron chi connectivity index (χ1n) is 5.93. The highest BCUT2D eigenvalue weighted by Gasteiger charge is 2.10. The number of halogens is 1. The Bertz CT molecular complexity index is 549. The van der Waals surface area contributed by atoms with Crippen LogP contribution in [0.25, 0.3) is 10.9 Å². The van der Waals surface area contributed by atoms with Gasteiger partial charge in [-0.15, -0.1) is 0 Å². The number of anilines is 1. The largest absolute Gasteiger partial charge is 0.384 e. The lowest BCUT2D eigenvalue weighted by atomic mass is 10.1. The van der Waals surface area contributed by atoms with Gasteiger partial charge in [-0.3, -0.25) is 4.98 Å². The third-order valence-electron chi connectivity index (χ3n) is 2.80. The van der Waals surface area contributed by atoms with Gasteiger partial charge < -0.3 is 5.32 Å². The van der Waals surface area contributed by atoms with Gasteiger partial charge in [-0.05, 0) is 38.0 Å². The third kappa shape index (κ3) is 2.23. The van der Waals surface area contributed by atoms with Crippen LogP contribution in [0, 0.1) is 19.7 Å². The lowest BCUT2D eigenvalue weighted by molar-refractivity contribution is 0.639. The second-order valence-corrected chi connectivity index (χ2v) is 4.33. The molecule has 90 valence electrons. The number of aryl methyl sites for hydroxylation is 2. The zero-order chi connectivity index (χ0) is 12.4. The summed E-state index contributed by atoms with van der Waals surface area (Å²) in [6.45, 7) is 6.81. The third-order valence-corrected chi connectivity index (χ3v) is 2.80. The normalized spacial score (nSPS) is 10.8. The van der Waals surface area contributed by atoms with Crippen LogP contribution in [-0.2, 0) is 0 Å². The van der Waals surface area contributed by atoms with E-state index in [1.807, 2.05) is 19.9 Å². The summed E-state index contributed by atoms with van der Waals surface area (Å²) in [5.74, 6) is -0.211. The van der Waals surface area contributed by atoms with Crippen molar-refractivity contribution in [2.75, 3.05) is 11.9 Å². The fraction of sp³-hybridized carbons (Fsp3) is 0.357.